The van der Waals surface area contributed by atoms with Crippen LogP contribution in [0.5, 0.6) is 23.0 Å². The number of unbranched alkanes of at least 4 members (excludes halogenated alkanes) is 2. The molecule has 5 aromatic rings. The number of carbonyl (C=O) groups excluding carboxylic acids is 17. The Labute approximate surface area is 882 Å². The van der Waals surface area contributed by atoms with E-state index in [1.807, 2.05) is 41.5 Å². The van der Waals surface area contributed by atoms with E-state index in [1.54, 1.807) is 0 Å². The van der Waals surface area contributed by atoms with Gasteiger partial charge in [-0.05, 0) is 194 Å². The van der Waals surface area contributed by atoms with E-state index in [2.05, 4.69) is 131 Å². The number of aliphatic hydroxyl groups excluding tert-OH is 1. The molecule has 3 aliphatic rings. The van der Waals surface area contributed by atoms with Gasteiger partial charge in [0.15, 0.2) is 5.96 Å². The van der Waals surface area contributed by atoms with Crippen LogP contribution in [-0.4, -0.2) is 324 Å². The largest absolute Gasteiger partial charge is 0.508 e. The van der Waals surface area contributed by atoms with E-state index in [9.17, 15) is 54.3 Å². The summed E-state index contributed by atoms with van der Waals surface area (Å²) in [4.78, 5) is 264. The zero-order valence-electron chi connectivity index (χ0n) is 85.6. The first-order chi connectivity index (χ1) is 71.5. The molecular weight excluding hydrogens is 1980 g/mol. The number of rotatable bonds is 37. The average Bonchev–Trinajstić information content (AvgIpc) is 1.66. The van der Waals surface area contributed by atoms with Crippen LogP contribution in [0, 0.1) is 5.41 Å². The van der Waals surface area contributed by atoms with Crippen molar-refractivity contribution in [2.75, 3.05) is 57.4 Å². The number of aromatic nitrogens is 2. The fourth-order valence-corrected chi connectivity index (χ4v) is 17.8. The van der Waals surface area contributed by atoms with E-state index >= 15 is 52.7 Å². The van der Waals surface area contributed by atoms with Crippen molar-refractivity contribution in [3.63, 3.8) is 0 Å². The predicted octanol–water partition coefficient (Wildman–Crippen LogP) is -2.96. The molecule has 3 saturated heterocycles. The van der Waals surface area contributed by atoms with E-state index in [1.165, 1.54) is 126 Å². The maximum Gasteiger partial charge on any atom is 0.245 e. The first-order valence-corrected chi connectivity index (χ1v) is 52.1. The number of aromatic amines is 1. The van der Waals surface area contributed by atoms with Crippen LogP contribution < -0.4 is 107 Å². The molecule has 47 nitrogen and oxygen atoms in total. The number of benzene rings is 4. The number of amides is 17. The number of fused-ring (bicyclic) bond motifs is 2. The molecule has 0 saturated carbocycles. The zero-order valence-corrected chi connectivity index (χ0v) is 87.4. The molecule has 0 radical (unpaired) electrons. The molecule has 0 bridgehead atoms. The summed E-state index contributed by atoms with van der Waals surface area (Å²) in [7, 11) is 0. The number of nitrogens with two attached hydrogens (primary N) is 2. The minimum Gasteiger partial charge on any atom is -0.508 e. The van der Waals surface area contributed by atoms with Crippen molar-refractivity contribution >= 4 is 132 Å². The molecule has 3 aliphatic heterocycles. The Morgan fingerprint density at radius 1 is 0.373 bits per heavy atom. The Kier molecular flexibility index (Phi) is 50.1. The van der Waals surface area contributed by atoms with Crippen LogP contribution in [0.1, 0.15) is 179 Å². The Morgan fingerprint density at radius 2 is 0.660 bits per heavy atom. The molecule has 0 aliphatic carbocycles. The van der Waals surface area contributed by atoms with E-state index in [0.717, 1.165) is 0 Å². The Morgan fingerprint density at radius 3 is 1.01 bits per heavy atom. The van der Waals surface area contributed by atoms with Crippen molar-refractivity contribution in [1.82, 2.24) is 115 Å². The molecule has 16 atom stereocenters. The number of aliphatic hydroxyl groups is 1. The number of imidazole rings is 1. The summed E-state index contributed by atoms with van der Waals surface area (Å²) in [6.45, 7) is 12.8. The highest BCUT2D eigenvalue weighted by atomic mass is 32.1. The maximum absolute atomic E-state index is 15.7. The molecule has 8 rings (SSSR count). The van der Waals surface area contributed by atoms with Crippen LogP contribution in [0.25, 0.3) is 0 Å². The van der Waals surface area contributed by atoms with Gasteiger partial charge in [-0.25, -0.2) is 4.98 Å². The summed E-state index contributed by atoms with van der Waals surface area (Å²) < 4.78 is 0. The number of nitrogens with one attached hydrogen (secondary N) is 20. The highest BCUT2D eigenvalue weighted by Gasteiger charge is 2.45. The summed E-state index contributed by atoms with van der Waals surface area (Å²) in [5.41, 5.74) is 13.0. The van der Waals surface area contributed by atoms with E-state index < -0.39 is 240 Å². The number of hydrogen-bond acceptors (Lipinski definition) is 29. The zero-order chi connectivity index (χ0) is 110. The molecule has 17 amide bonds. The van der Waals surface area contributed by atoms with Gasteiger partial charge >= 0.3 is 0 Å². The number of H-pyrrole nitrogens is 1. The quantitative estimate of drug-likeness (QED) is 0.00818. The van der Waals surface area contributed by atoms with Crippen molar-refractivity contribution in [3.05, 3.63) is 138 Å². The van der Waals surface area contributed by atoms with E-state index in [4.69, 9.17) is 16.9 Å². The second-order valence-corrected chi connectivity index (χ2v) is 39.4. The van der Waals surface area contributed by atoms with Crippen LogP contribution in [-0.2, 0) is 114 Å². The number of guanidine groups is 1. The third-order valence-electron chi connectivity index (χ3n) is 25.5. The van der Waals surface area contributed by atoms with Gasteiger partial charge in [0.05, 0.1) is 18.6 Å². The van der Waals surface area contributed by atoms with Crippen molar-refractivity contribution in [3.8, 4) is 23.0 Å². The van der Waals surface area contributed by atoms with E-state index in [0.29, 0.717) is 61.2 Å². The smallest absolute Gasteiger partial charge is 0.245 e. The van der Waals surface area contributed by atoms with Gasteiger partial charge in [-0.15, -0.1) is 0 Å². The second kappa shape index (κ2) is 61.9. The minimum absolute atomic E-state index is 0.0150. The number of hydrogen-bond donors (Lipinski definition) is 29. The highest BCUT2D eigenvalue weighted by molar-refractivity contribution is 7.80. The van der Waals surface area contributed by atoms with Crippen LogP contribution in [0.2, 0.25) is 0 Å². The number of primary amides is 1. The molecule has 4 aromatic carbocycles. The van der Waals surface area contributed by atoms with Gasteiger partial charge in [0.2, 0.25) is 100 Å². The monoisotopic (exact) mass is 2130 g/mol. The molecule has 150 heavy (non-hydrogen) atoms. The average molecular weight is 2130 g/mol. The normalized spacial score (nSPS) is 24.0. The standard InChI is InChI=1S/C101H149N25O22S2/c1-56(2)106-40-10-8-16-69-86(134)116-73(17-9-11-41-107-57(3)4)100(148)126-45-15-21-83(126)98(146)121-77(49-63-28-36-68(131)37-29-63)90(138)120-78(50-64-51-105-55-110-64)93(141)118-76(48-62-26-34-67(130)35-27-62)92(140)124-81(54-150)96(144)122-79(52-127)94(142)111-59(7)99(147)125-44-14-20-82(125)97(145)115-71(18-12-42-108-58(5)6)85(133)113-70(19-13-43-109-101(103)104)87(135)117-75(47-61-24-32-66(129)33-25-61)91(139)123-80(53-149)95(143)119-74(46-60-22-30-65(128)31-23-60)89(137)114-72(88(136)112-69)38-39-84(102)132/h22-37,51,55-59,69-83,106-108,127-131,149-150H,8-21,38-50,52-54H2,1-7H3,(H2,102,132)(H,105,110)(H,111,142)(H,112,136)(H,113,133)(H,114,137)(H,115,145)(H,116,134)(H,117,135)(H,118,141)(H,119,143)(H,120,138)(H,121,146)(H,122,144)(H,123,139)(H,124,140)(H4,103,104,109)/t59-,69-,70-,71-,72-,73+,74-,75-,76-,77-,78-,79-,80-,81-,82+,83-/m0/s1. The number of thiol groups is 2. The summed E-state index contributed by atoms with van der Waals surface area (Å²) >= 11 is 8.82. The number of phenolic OH excluding ortho intramolecular Hbond substituents is 4. The first kappa shape index (κ1) is 121. The molecule has 4 heterocycles. The van der Waals surface area contributed by atoms with Crippen molar-refractivity contribution < 1.29 is 107 Å². The van der Waals surface area contributed by atoms with Crippen molar-refractivity contribution in [1.29, 1.82) is 5.41 Å². The van der Waals surface area contributed by atoms with Gasteiger partial charge in [0, 0.05) is 94.0 Å². The molecular formula is C101H149N25O22S2. The molecule has 822 valence electrons. The van der Waals surface area contributed by atoms with Gasteiger partial charge < -0.3 is 147 Å². The first-order valence-electron chi connectivity index (χ1n) is 50.8. The molecule has 49 heteroatoms. The van der Waals surface area contributed by atoms with Crippen LogP contribution in [0.3, 0.4) is 0 Å². The third kappa shape index (κ3) is 40.5. The lowest BCUT2D eigenvalue weighted by atomic mass is 10.0. The van der Waals surface area contributed by atoms with Gasteiger partial charge in [-0.1, -0.05) is 90.1 Å². The minimum atomic E-state index is -1.84. The van der Waals surface area contributed by atoms with Crippen molar-refractivity contribution in [2.24, 2.45) is 11.5 Å². The third-order valence-corrected chi connectivity index (χ3v) is 26.2. The molecule has 3 fully saturated rings. The van der Waals surface area contributed by atoms with Gasteiger partial charge in [-0.3, -0.25) is 86.9 Å². The molecule has 1 aromatic heterocycles. The molecule has 0 spiro atoms. The summed E-state index contributed by atoms with van der Waals surface area (Å²) in [6.07, 6.45) is 1.60. The topological polar surface area (TPSA) is 719 Å². The number of phenols is 4. The lowest BCUT2D eigenvalue weighted by Crippen LogP contribution is -2.62. The molecule has 29 N–H and O–H groups in total. The number of carbonyl (C=O) groups is 17. The lowest BCUT2D eigenvalue weighted by molar-refractivity contribution is -0.142. The fourth-order valence-electron chi connectivity index (χ4n) is 17.2. The van der Waals surface area contributed by atoms with E-state index in [-0.39, 0.29) is 163 Å². The van der Waals surface area contributed by atoms with Crippen LogP contribution in [0.15, 0.2) is 110 Å². The van der Waals surface area contributed by atoms with Gasteiger partial charge in [0.1, 0.15) is 120 Å². The Balaban J connectivity index is 1.21. The highest BCUT2D eigenvalue weighted by Crippen LogP contribution is 2.26. The predicted molar refractivity (Wildman–Crippen MR) is 560 cm³/mol. The fraction of sp³-hybridized carbons (Fsp3) is 0.554. The molecule has 0 unspecified atom stereocenters. The maximum atomic E-state index is 15.7. The van der Waals surface area contributed by atoms with Gasteiger partial charge in [0.25, 0.3) is 0 Å². The van der Waals surface area contributed by atoms with Gasteiger partial charge in [-0.2, -0.15) is 25.3 Å². The number of aromatic hydroxyl groups is 4. The summed E-state index contributed by atoms with van der Waals surface area (Å²) in [6, 6.07) is -3.28. The Hall–Kier alpha value is -13.9. The summed E-state index contributed by atoms with van der Waals surface area (Å²) in [5.74, 6) is -18.7. The Bertz CT molecular complexity index is 5330. The van der Waals surface area contributed by atoms with Crippen molar-refractivity contribution in [2.45, 2.75) is 298 Å². The second-order valence-electron chi connectivity index (χ2n) is 38.6. The van der Waals surface area contributed by atoms with Crippen LogP contribution >= 0.6 is 25.3 Å². The van der Waals surface area contributed by atoms with Crippen LogP contribution in [0.4, 0.5) is 0 Å². The SMILES string of the molecule is CC(C)NCCCC[C@@H]1NC(=O)[C@H](CCC(N)=O)NC(=O)[C@H](Cc2ccc(O)cc2)NC(=O)[C@H](CS)NC(=O)[C@H](Cc2ccc(O)cc2)NC(=O)[C@H](CCCNC(=N)N)NC(=O)[C@H](CCCNC(C)C)NC(=O)[C@H]2CCCN2C(=O)[C@H](C)NC(=O)[C@H](CO)NC(=O)[C@H](CS)NC(=O)[C@H](Cc2ccc(O)cc2)NC(=O)[C@H](Cc2c[nH]cn2)NC(=O)[C@H](Cc2ccc(O)cc2)NC(=O)[C@@H]2CCCN2C(=O)[C@@H](CCCCNC(C)C)NC1=O. The number of nitrogens with zero attached hydrogens (tertiary/aromatic N) is 3. The lowest BCUT2D eigenvalue weighted by Gasteiger charge is -2.31. The summed E-state index contributed by atoms with van der Waals surface area (Å²) in [5, 5.41) is 110.